The standard InChI is InChI=1S/C19H19N9O/c1-11-8-14-22-10-23-27(14)9-13(11)15-16-17(25-18(20)24-15)28(12-2-6-29-7-3-12)19-21-4-5-26(16)19/h4-5,8-10,12H,2-3,6-7H2,1H3,(H2,20,24,25). The van der Waals surface area contributed by atoms with Crippen molar-refractivity contribution >= 4 is 28.5 Å². The Labute approximate surface area is 165 Å². The summed E-state index contributed by atoms with van der Waals surface area (Å²) in [6, 6.07) is 2.25. The maximum atomic E-state index is 6.17. The van der Waals surface area contributed by atoms with Gasteiger partial charge in [0.25, 0.3) is 0 Å². The first-order valence-corrected chi connectivity index (χ1v) is 9.59. The Hall–Kier alpha value is -3.53. The molecule has 10 heteroatoms. The minimum Gasteiger partial charge on any atom is -0.381 e. The van der Waals surface area contributed by atoms with Crippen molar-refractivity contribution in [2.24, 2.45) is 0 Å². The highest BCUT2D eigenvalue weighted by Gasteiger charge is 2.26. The molecule has 0 aliphatic carbocycles. The Kier molecular flexibility index (Phi) is 3.39. The van der Waals surface area contributed by atoms with Crippen LogP contribution in [0, 0.1) is 6.92 Å². The Morgan fingerprint density at radius 2 is 2.03 bits per heavy atom. The fourth-order valence-electron chi connectivity index (χ4n) is 4.27. The number of nitrogen functional groups attached to an aromatic ring is 1. The van der Waals surface area contributed by atoms with Crippen LogP contribution in [-0.2, 0) is 4.74 Å². The molecule has 6 rings (SSSR count). The van der Waals surface area contributed by atoms with Gasteiger partial charge < -0.3 is 10.5 Å². The van der Waals surface area contributed by atoms with Crippen LogP contribution < -0.4 is 5.73 Å². The van der Waals surface area contributed by atoms with Gasteiger partial charge in [0.15, 0.2) is 11.3 Å². The molecule has 0 aromatic carbocycles. The van der Waals surface area contributed by atoms with E-state index in [4.69, 9.17) is 10.5 Å². The number of pyridine rings is 1. The summed E-state index contributed by atoms with van der Waals surface area (Å²) in [5.74, 6) is 1.08. The molecule has 0 spiro atoms. The molecule has 29 heavy (non-hydrogen) atoms. The SMILES string of the molecule is Cc1cc2ncnn2cc1-c1nc(N)nc2c1n1ccnc1n2C1CCOCC1. The minimum atomic E-state index is 0.236. The number of nitrogens with two attached hydrogens (primary N) is 1. The van der Waals surface area contributed by atoms with E-state index in [1.54, 1.807) is 10.7 Å². The molecule has 6 heterocycles. The molecule has 0 saturated carbocycles. The topological polar surface area (TPSA) is 113 Å². The second kappa shape index (κ2) is 5.98. The highest BCUT2D eigenvalue weighted by Crippen LogP contribution is 2.35. The lowest BCUT2D eigenvalue weighted by Gasteiger charge is -2.23. The van der Waals surface area contributed by atoms with Crippen molar-refractivity contribution in [3.8, 4) is 11.3 Å². The normalized spacial score (nSPS) is 15.8. The van der Waals surface area contributed by atoms with E-state index in [0.717, 1.165) is 65.5 Å². The average molecular weight is 389 g/mol. The van der Waals surface area contributed by atoms with Crippen molar-refractivity contribution in [2.45, 2.75) is 25.8 Å². The molecular formula is C19H19N9O. The second-order valence-electron chi connectivity index (χ2n) is 7.35. The van der Waals surface area contributed by atoms with Gasteiger partial charge in [-0.05, 0) is 31.4 Å². The predicted octanol–water partition coefficient (Wildman–Crippen LogP) is 2.03. The first-order valence-electron chi connectivity index (χ1n) is 9.59. The molecule has 0 radical (unpaired) electrons. The van der Waals surface area contributed by atoms with Gasteiger partial charge >= 0.3 is 0 Å². The van der Waals surface area contributed by atoms with E-state index >= 15 is 0 Å². The van der Waals surface area contributed by atoms with E-state index in [2.05, 4.69) is 29.6 Å². The molecular weight excluding hydrogens is 370 g/mol. The molecule has 0 atom stereocenters. The molecule has 0 unspecified atom stereocenters. The van der Waals surface area contributed by atoms with Gasteiger partial charge in [-0.3, -0.25) is 8.97 Å². The van der Waals surface area contributed by atoms with Gasteiger partial charge in [0.1, 0.15) is 17.5 Å². The number of anilines is 1. The van der Waals surface area contributed by atoms with Crippen LogP contribution in [0.25, 0.3) is 33.8 Å². The van der Waals surface area contributed by atoms with Crippen LogP contribution in [0.15, 0.2) is 31.0 Å². The van der Waals surface area contributed by atoms with Gasteiger partial charge in [0.2, 0.25) is 11.7 Å². The van der Waals surface area contributed by atoms with E-state index in [0.29, 0.717) is 0 Å². The Morgan fingerprint density at radius 1 is 1.17 bits per heavy atom. The maximum absolute atomic E-state index is 6.17. The van der Waals surface area contributed by atoms with Crippen molar-refractivity contribution in [3.05, 3.63) is 36.5 Å². The number of fused-ring (bicyclic) bond motifs is 4. The van der Waals surface area contributed by atoms with E-state index in [-0.39, 0.29) is 12.0 Å². The molecule has 0 bridgehead atoms. The monoisotopic (exact) mass is 389 g/mol. The molecule has 10 nitrogen and oxygen atoms in total. The Morgan fingerprint density at radius 3 is 2.90 bits per heavy atom. The summed E-state index contributed by atoms with van der Waals surface area (Å²) in [4.78, 5) is 18.1. The van der Waals surface area contributed by atoms with Crippen molar-refractivity contribution in [1.82, 2.24) is 38.5 Å². The van der Waals surface area contributed by atoms with Crippen LogP contribution in [0.1, 0.15) is 24.4 Å². The van der Waals surface area contributed by atoms with Crippen LogP contribution in [-0.4, -0.2) is 51.7 Å². The van der Waals surface area contributed by atoms with Crippen molar-refractivity contribution < 1.29 is 4.74 Å². The largest absolute Gasteiger partial charge is 0.381 e. The van der Waals surface area contributed by atoms with Crippen LogP contribution >= 0.6 is 0 Å². The second-order valence-corrected chi connectivity index (χ2v) is 7.35. The molecule has 0 amide bonds. The molecule has 5 aromatic heterocycles. The van der Waals surface area contributed by atoms with E-state index < -0.39 is 0 Å². The van der Waals surface area contributed by atoms with Crippen molar-refractivity contribution in [1.29, 1.82) is 0 Å². The van der Waals surface area contributed by atoms with Crippen LogP contribution in [0.4, 0.5) is 5.95 Å². The first-order chi connectivity index (χ1) is 14.2. The summed E-state index contributed by atoms with van der Waals surface area (Å²) in [5.41, 5.74) is 11.4. The fourth-order valence-corrected chi connectivity index (χ4v) is 4.27. The lowest BCUT2D eigenvalue weighted by atomic mass is 10.1. The third kappa shape index (κ3) is 2.35. The quantitative estimate of drug-likeness (QED) is 0.491. The molecule has 1 fully saturated rings. The number of nitrogens with zero attached hydrogens (tertiary/aromatic N) is 8. The molecule has 1 aliphatic heterocycles. The third-order valence-corrected chi connectivity index (χ3v) is 5.62. The number of aryl methyl sites for hydroxylation is 1. The maximum Gasteiger partial charge on any atom is 0.222 e. The highest BCUT2D eigenvalue weighted by molar-refractivity contribution is 5.92. The number of ether oxygens (including phenoxy) is 1. The van der Waals surface area contributed by atoms with E-state index in [1.807, 2.05) is 29.8 Å². The first kappa shape index (κ1) is 16.4. The number of hydrogen-bond acceptors (Lipinski definition) is 7. The van der Waals surface area contributed by atoms with Gasteiger partial charge in [-0.1, -0.05) is 0 Å². The molecule has 2 N–H and O–H groups in total. The summed E-state index contributed by atoms with van der Waals surface area (Å²) in [6.07, 6.45) is 9.05. The lowest BCUT2D eigenvalue weighted by molar-refractivity contribution is 0.0713. The Bertz CT molecular complexity index is 1370. The van der Waals surface area contributed by atoms with Gasteiger partial charge in [-0.2, -0.15) is 10.1 Å². The van der Waals surface area contributed by atoms with Crippen molar-refractivity contribution in [2.75, 3.05) is 18.9 Å². The number of rotatable bonds is 2. The van der Waals surface area contributed by atoms with Crippen LogP contribution in [0.2, 0.25) is 0 Å². The van der Waals surface area contributed by atoms with Gasteiger partial charge in [-0.15, -0.1) is 0 Å². The molecule has 5 aromatic rings. The third-order valence-electron chi connectivity index (χ3n) is 5.62. The lowest BCUT2D eigenvalue weighted by Crippen LogP contribution is -2.20. The molecule has 146 valence electrons. The highest BCUT2D eigenvalue weighted by atomic mass is 16.5. The summed E-state index contributed by atoms with van der Waals surface area (Å²) in [5, 5.41) is 4.27. The zero-order valence-electron chi connectivity index (χ0n) is 15.9. The fraction of sp³-hybridized carbons (Fsp3) is 0.316. The predicted molar refractivity (Wildman–Crippen MR) is 106 cm³/mol. The average Bonchev–Trinajstić information content (AvgIpc) is 3.42. The van der Waals surface area contributed by atoms with E-state index in [9.17, 15) is 0 Å². The smallest absolute Gasteiger partial charge is 0.222 e. The van der Waals surface area contributed by atoms with E-state index in [1.165, 1.54) is 6.33 Å². The number of aromatic nitrogens is 8. The van der Waals surface area contributed by atoms with Gasteiger partial charge in [0.05, 0.1) is 0 Å². The van der Waals surface area contributed by atoms with Crippen LogP contribution in [0.3, 0.4) is 0 Å². The molecule has 1 aliphatic rings. The minimum absolute atomic E-state index is 0.236. The zero-order valence-corrected chi connectivity index (χ0v) is 15.9. The Balaban J connectivity index is 1.70. The number of imidazole rings is 2. The van der Waals surface area contributed by atoms with Crippen LogP contribution in [0.5, 0.6) is 0 Å². The summed E-state index contributed by atoms with van der Waals surface area (Å²) in [7, 11) is 0. The zero-order chi connectivity index (χ0) is 19.5. The molecule has 1 saturated heterocycles. The van der Waals surface area contributed by atoms with Gasteiger partial charge in [0, 0.05) is 43.4 Å². The number of hydrogen-bond donors (Lipinski definition) is 1. The summed E-state index contributed by atoms with van der Waals surface area (Å²) < 4.78 is 11.5. The summed E-state index contributed by atoms with van der Waals surface area (Å²) in [6.45, 7) is 3.49. The summed E-state index contributed by atoms with van der Waals surface area (Å²) >= 11 is 0. The van der Waals surface area contributed by atoms with Gasteiger partial charge in [-0.25, -0.2) is 19.5 Å². The van der Waals surface area contributed by atoms with Crippen molar-refractivity contribution in [3.63, 3.8) is 0 Å².